The van der Waals surface area contributed by atoms with E-state index >= 15 is 0 Å². The average Bonchev–Trinajstić information content (AvgIpc) is 3.25. The van der Waals surface area contributed by atoms with E-state index in [9.17, 15) is 9.90 Å². The molecule has 1 aliphatic heterocycles. The van der Waals surface area contributed by atoms with Crippen LogP contribution in [0.4, 0.5) is 0 Å². The number of carboxylic acids is 1. The van der Waals surface area contributed by atoms with E-state index in [4.69, 9.17) is 26.1 Å². The molecule has 0 spiro atoms. The Morgan fingerprint density at radius 3 is 2.56 bits per heavy atom. The van der Waals surface area contributed by atoms with Crippen molar-refractivity contribution in [1.29, 1.82) is 0 Å². The lowest BCUT2D eigenvalue weighted by Crippen LogP contribution is -2.32. The first kappa shape index (κ1) is 25.8. The first-order chi connectivity index (χ1) is 19.0. The van der Waals surface area contributed by atoms with Gasteiger partial charge in [-0.25, -0.2) is 14.8 Å². The summed E-state index contributed by atoms with van der Waals surface area (Å²) in [5, 5.41) is 10.2. The van der Waals surface area contributed by atoms with E-state index in [2.05, 4.69) is 14.5 Å². The molecule has 1 N–H and O–H groups in total. The standard InChI is InChI=1S/C30H31ClN4O4/c31-22-6-1-19(2-7-22)15-27-32-13-11-29(34-27)39-23-8-3-20(4-9-23)16-28-33-25-10-5-21(30(36)37)17-26(25)35(28)18-24-12-14-38-24/h1-2,5-7,10-11,13,17,20,23-24H,3-4,8-9,12,14-16,18H2,(H,36,37). The van der Waals surface area contributed by atoms with E-state index < -0.39 is 5.97 Å². The minimum atomic E-state index is -0.926. The maximum Gasteiger partial charge on any atom is 0.335 e. The second kappa shape index (κ2) is 11.3. The molecular weight excluding hydrogens is 516 g/mol. The molecule has 2 aromatic carbocycles. The van der Waals surface area contributed by atoms with E-state index in [1.54, 1.807) is 18.3 Å². The first-order valence-electron chi connectivity index (χ1n) is 13.6. The Hall–Kier alpha value is -3.49. The molecule has 39 heavy (non-hydrogen) atoms. The predicted octanol–water partition coefficient (Wildman–Crippen LogP) is 5.74. The molecule has 9 heteroatoms. The van der Waals surface area contributed by atoms with E-state index in [-0.39, 0.29) is 17.8 Å². The molecule has 1 saturated heterocycles. The summed E-state index contributed by atoms with van der Waals surface area (Å²) in [6.45, 7) is 1.49. The topological polar surface area (TPSA) is 99.4 Å². The van der Waals surface area contributed by atoms with Crippen molar-refractivity contribution in [1.82, 2.24) is 19.5 Å². The molecule has 3 heterocycles. The fourth-order valence-corrected chi connectivity index (χ4v) is 5.62. The van der Waals surface area contributed by atoms with Gasteiger partial charge in [0.1, 0.15) is 17.8 Å². The quantitative estimate of drug-likeness (QED) is 0.286. The molecule has 1 unspecified atom stereocenters. The molecule has 0 amide bonds. The normalized spacial score (nSPS) is 21.0. The van der Waals surface area contributed by atoms with Crippen molar-refractivity contribution in [2.75, 3.05) is 6.61 Å². The van der Waals surface area contributed by atoms with Gasteiger partial charge in [-0.05, 0) is 73.9 Å². The monoisotopic (exact) mass is 546 g/mol. The minimum Gasteiger partial charge on any atom is -0.478 e. The highest BCUT2D eigenvalue weighted by Crippen LogP contribution is 2.31. The van der Waals surface area contributed by atoms with E-state index in [0.717, 1.165) is 73.4 Å². The summed E-state index contributed by atoms with van der Waals surface area (Å²) in [6, 6.07) is 14.7. The molecule has 1 saturated carbocycles. The Balaban J connectivity index is 1.09. The van der Waals surface area contributed by atoms with Gasteiger partial charge in [0.2, 0.25) is 5.88 Å². The van der Waals surface area contributed by atoms with Crippen LogP contribution in [0.5, 0.6) is 5.88 Å². The molecule has 202 valence electrons. The van der Waals surface area contributed by atoms with Crippen molar-refractivity contribution in [3.05, 3.63) is 82.5 Å². The van der Waals surface area contributed by atoms with Crippen molar-refractivity contribution in [3.8, 4) is 5.88 Å². The Morgan fingerprint density at radius 1 is 1.05 bits per heavy atom. The third-order valence-corrected chi connectivity index (χ3v) is 8.01. The molecule has 1 aliphatic carbocycles. The fraction of sp³-hybridized carbons (Fsp3) is 0.400. The van der Waals surface area contributed by atoms with Gasteiger partial charge >= 0.3 is 5.97 Å². The van der Waals surface area contributed by atoms with Gasteiger partial charge in [0.25, 0.3) is 0 Å². The van der Waals surface area contributed by atoms with Crippen LogP contribution in [0.15, 0.2) is 54.7 Å². The third-order valence-electron chi connectivity index (χ3n) is 7.76. The smallest absolute Gasteiger partial charge is 0.335 e. The highest BCUT2D eigenvalue weighted by atomic mass is 35.5. The SMILES string of the molecule is O=C(O)c1ccc2nc(CC3CCC(Oc4ccnc(Cc5ccc(Cl)cc5)n4)CC3)n(CC3CCO3)c2c1. The van der Waals surface area contributed by atoms with Crippen molar-refractivity contribution < 1.29 is 19.4 Å². The number of hydrogen-bond donors (Lipinski definition) is 1. The lowest BCUT2D eigenvalue weighted by atomic mass is 9.85. The van der Waals surface area contributed by atoms with Crippen LogP contribution in [0.2, 0.25) is 5.02 Å². The fourth-order valence-electron chi connectivity index (χ4n) is 5.50. The molecule has 2 aromatic heterocycles. The lowest BCUT2D eigenvalue weighted by molar-refractivity contribution is -0.0590. The van der Waals surface area contributed by atoms with Gasteiger partial charge in [0.15, 0.2) is 0 Å². The zero-order valence-corrected chi connectivity index (χ0v) is 22.4. The van der Waals surface area contributed by atoms with E-state index in [0.29, 0.717) is 29.8 Å². The molecule has 1 atom stereocenters. The summed E-state index contributed by atoms with van der Waals surface area (Å²) in [7, 11) is 0. The Bertz CT molecular complexity index is 1460. The van der Waals surface area contributed by atoms with Crippen LogP contribution >= 0.6 is 11.6 Å². The van der Waals surface area contributed by atoms with Crippen LogP contribution in [0, 0.1) is 5.92 Å². The zero-order valence-electron chi connectivity index (χ0n) is 21.6. The average molecular weight is 547 g/mol. The number of aromatic carboxylic acids is 1. The summed E-state index contributed by atoms with van der Waals surface area (Å²) in [5.74, 6) is 1.92. The van der Waals surface area contributed by atoms with E-state index in [1.807, 2.05) is 36.4 Å². The van der Waals surface area contributed by atoms with Crippen molar-refractivity contribution >= 4 is 28.6 Å². The Labute approximate surface area is 232 Å². The summed E-state index contributed by atoms with van der Waals surface area (Å²) in [6.07, 6.45) is 8.53. The third kappa shape index (κ3) is 6.07. The number of benzene rings is 2. The maximum atomic E-state index is 11.6. The van der Waals surface area contributed by atoms with Crippen LogP contribution in [0.1, 0.15) is 59.7 Å². The number of ether oxygens (including phenoxy) is 2. The second-order valence-electron chi connectivity index (χ2n) is 10.5. The molecule has 6 rings (SSSR count). The Kier molecular flexibility index (Phi) is 7.48. The number of nitrogens with zero attached hydrogens (tertiary/aromatic N) is 4. The van der Waals surface area contributed by atoms with Crippen LogP contribution in [0.3, 0.4) is 0 Å². The van der Waals surface area contributed by atoms with Crippen molar-refractivity contribution in [2.45, 2.75) is 63.7 Å². The number of carboxylic acid groups (broad SMARTS) is 1. The molecule has 0 radical (unpaired) electrons. The zero-order chi connectivity index (χ0) is 26.8. The van der Waals surface area contributed by atoms with Crippen LogP contribution in [-0.4, -0.2) is 49.4 Å². The highest BCUT2D eigenvalue weighted by molar-refractivity contribution is 6.30. The molecule has 0 bridgehead atoms. The Morgan fingerprint density at radius 2 is 1.85 bits per heavy atom. The summed E-state index contributed by atoms with van der Waals surface area (Å²) in [5.41, 5.74) is 3.09. The van der Waals surface area contributed by atoms with Crippen molar-refractivity contribution in [3.63, 3.8) is 0 Å². The maximum absolute atomic E-state index is 11.6. The molecule has 2 aliphatic rings. The van der Waals surface area contributed by atoms with E-state index in [1.165, 1.54) is 0 Å². The highest BCUT2D eigenvalue weighted by Gasteiger charge is 2.27. The molecular formula is C30H31ClN4O4. The largest absolute Gasteiger partial charge is 0.478 e. The van der Waals surface area contributed by atoms with Gasteiger partial charge in [-0.2, -0.15) is 4.98 Å². The van der Waals surface area contributed by atoms with Gasteiger partial charge in [-0.3, -0.25) is 0 Å². The van der Waals surface area contributed by atoms with Gasteiger partial charge in [0.05, 0.1) is 29.2 Å². The number of halogens is 1. The number of fused-ring (bicyclic) bond motifs is 1. The number of carbonyl (C=O) groups is 1. The molecule has 4 aromatic rings. The number of hydrogen-bond acceptors (Lipinski definition) is 6. The summed E-state index contributed by atoms with van der Waals surface area (Å²) < 4.78 is 14.1. The number of rotatable bonds is 9. The second-order valence-corrected chi connectivity index (χ2v) is 10.9. The van der Waals surface area contributed by atoms with Gasteiger partial charge in [-0.1, -0.05) is 23.7 Å². The van der Waals surface area contributed by atoms with Gasteiger partial charge in [-0.15, -0.1) is 0 Å². The lowest BCUT2D eigenvalue weighted by Gasteiger charge is -2.30. The number of imidazole rings is 1. The predicted molar refractivity (Wildman–Crippen MR) is 147 cm³/mol. The summed E-state index contributed by atoms with van der Waals surface area (Å²) in [4.78, 5) is 25.5. The van der Waals surface area contributed by atoms with Crippen LogP contribution in [0.25, 0.3) is 11.0 Å². The molecule has 2 fully saturated rings. The van der Waals surface area contributed by atoms with Crippen LogP contribution < -0.4 is 4.74 Å². The van der Waals surface area contributed by atoms with Crippen molar-refractivity contribution in [2.24, 2.45) is 5.92 Å². The minimum absolute atomic E-state index is 0.125. The van der Waals surface area contributed by atoms with Gasteiger partial charge < -0.3 is 19.1 Å². The first-order valence-corrected chi connectivity index (χ1v) is 13.9. The number of aromatic nitrogens is 4. The van der Waals surface area contributed by atoms with Crippen LogP contribution in [-0.2, 0) is 24.1 Å². The van der Waals surface area contributed by atoms with Gasteiger partial charge in [0, 0.05) is 36.7 Å². The molecule has 8 nitrogen and oxygen atoms in total. The summed E-state index contributed by atoms with van der Waals surface area (Å²) >= 11 is 5.99.